The predicted molar refractivity (Wildman–Crippen MR) is 119 cm³/mol. The molecular formula is C22H20F3N7S. The molecule has 1 aliphatic carbocycles. The summed E-state index contributed by atoms with van der Waals surface area (Å²) in [5.41, 5.74) is 8.12. The monoisotopic (exact) mass is 471 g/mol. The van der Waals surface area contributed by atoms with E-state index in [0.717, 1.165) is 37.6 Å². The van der Waals surface area contributed by atoms with Gasteiger partial charge in [0.25, 0.3) is 0 Å². The predicted octanol–water partition coefficient (Wildman–Crippen LogP) is 3.85. The zero-order valence-electron chi connectivity index (χ0n) is 17.4. The van der Waals surface area contributed by atoms with E-state index < -0.39 is 11.9 Å². The standard InChI is InChI=1S/C22H20F3N7S/c23-22(24,25)16-7-12(1-4-27-16)18-19-20(31-30-18)29-17(8-28-19)32-5-2-14-15(9-32)21(14,11-26)13-3-6-33-10-13/h1,3-4,6-8,10,14-15H,2,5,9,11,26H2,(H,29,30,31). The number of hydrogen-bond acceptors (Lipinski definition) is 7. The summed E-state index contributed by atoms with van der Waals surface area (Å²) in [6, 6.07) is 4.64. The molecule has 4 aromatic rings. The number of rotatable bonds is 4. The SMILES string of the molecule is NCC1(c2ccsc2)C2CCN(c3cnc4c(-c5ccnc(C(F)(F)F)c5)n[nH]c4n3)CC21. The minimum atomic E-state index is -4.53. The molecule has 5 heterocycles. The van der Waals surface area contributed by atoms with Crippen LogP contribution in [0, 0.1) is 11.8 Å². The first-order valence-corrected chi connectivity index (χ1v) is 11.6. The van der Waals surface area contributed by atoms with E-state index in [0.29, 0.717) is 35.2 Å². The van der Waals surface area contributed by atoms with Crippen LogP contribution in [0.4, 0.5) is 19.0 Å². The van der Waals surface area contributed by atoms with E-state index in [2.05, 4.69) is 46.9 Å². The fourth-order valence-corrected chi connectivity index (χ4v) is 6.19. The van der Waals surface area contributed by atoms with Crippen LogP contribution in [-0.2, 0) is 11.6 Å². The van der Waals surface area contributed by atoms with E-state index in [1.54, 1.807) is 17.5 Å². The van der Waals surface area contributed by atoms with Crippen LogP contribution in [0.3, 0.4) is 0 Å². The Balaban J connectivity index is 1.28. The highest BCUT2D eigenvalue weighted by atomic mass is 32.1. The largest absolute Gasteiger partial charge is 0.433 e. The topological polar surface area (TPSA) is 96.6 Å². The molecule has 3 unspecified atom stereocenters. The minimum Gasteiger partial charge on any atom is -0.355 e. The molecule has 0 bridgehead atoms. The van der Waals surface area contributed by atoms with Crippen LogP contribution in [0.25, 0.3) is 22.4 Å². The van der Waals surface area contributed by atoms with Crippen LogP contribution in [0.1, 0.15) is 17.7 Å². The molecule has 1 saturated carbocycles. The summed E-state index contributed by atoms with van der Waals surface area (Å²) in [5, 5.41) is 11.3. The molecule has 11 heteroatoms. The zero-order chi connectivity index (χ0) is 22.8. The van der Waals surface area contributed by atoms with Gasteiger partial charge in [-0.15, -0.1) is 0 Å². The number of nitrogens with two attached hydrogens (primary N) is 1. The fourth-order valence-electron chi connectivity index (χ4n) is 5.44. The Bertz CT molecular complexity index is 1320. The number of alkyl halides is 3. The molecule has 1 aliphatic heterocycles. The lowest BCUT2D eigenvalue weighted by Crippen LogP contribution is -2.32. The summed E-state index contributed by atoms with van der Waals surface area (Å²) in [6.07, 6.45) is -0.706. The van der Waals surface area contributed by atoms with E-state index in [-0.39, 0.29) is 11.0 Å². The van der Waals surface area contributed by atoms with Crippen molar-refractivity contribution in [1.29, 1.82) is 0 Å². The zero-order valence-corrected chi connectivity index (χ0v) is 18.2. The first-order chi connectivity index (χ1) is 15.9. The summed E-state index contributed by atoms with van der Waals surface area (Å²) in [4.78, 5) is 14.8. The van der Waals surface area contributed by atoms with Crippen molar-refractivity contribution >= 4 is 28.3 Å². The third-order valence-corrected chi connectivity index (χ3v) is 7.81. The van der Waals surface area contributed by atoms with Crippen molar-refractivity contribution in [2.24, 2.45) is 17.6 Å². The first-order valence-electron chi connectivity index (χ1n) is 10.6. The third-order valence-electron chi connectivity index (χ3n) is 7.13. The maximum atomic E-state index is 13.1. The van der Waals surface area contributed by atoms with E-state index in [4.69, 9.17) is 5.73 Å². The molecule has 0 aromatic carbocycles. The second-order valence-corrected chi connectivity index (χ2v) is 9.41. The number of halogens is 3. The molecule has 0 radical (unpaired) electrons. The van der Waals surface area contributed by atoms with Gasteiger partial charge in [0.2, 0.25) is 0 Å². The van der Waals surface area contributed by atoms with Crippen LogP contribution in [-0.4, -0.2) is 44.8 Å². The lowest BCUT2D eigenvalue weighted by molar-refractivity contribution is -0.141. The molecule has 6 rings (SSSR count). The van der Waals surface area contributed by atoms with Gasteiger partial charge in [0.1, 0.15) is 22.7 Å². The molecule has 0 spiro atoms. The normalized spacial score (nSPS) is 24.8. The minimum absolute atomic E-state index is 0.0466. The summed E-state index contributed by atoms with van der Waals surface area (Å²) < 4.78 is 39.2. The number of H-pyrrole nitrogens is 1. The molecule has 3 N–H and O–H groups in total. The van der Waals surface area contributed by atoms with Crippen molar-refractivity contribution < 1.29 is 13.2 Å². The summed E-state index contributed by atoms with van der Waals surface area (Å²) in [5.74, 6) is 1.78. The van der Waals surface area contributed by atoms with Gasteiger partial charge in [-0.3, -0.25) is 10.1 Å². The van der Waals surface area contributed by atoms with Gasteiger partial charge in [-0.05, 0) is 52.8 Å². The Morgan fingerprint density at radius 2 is 2.12 bits per heavy atom. The molecule has 3 atom stereocenters. The Hall–Kier alpha value is -3.05. The van der Waals surface area contributed by atoms with E-state index in [1.165, 1.54) is 11.6 Å². The van der Waals surface area contributed by atoms with Crippen LogP contribution in [0.15, 0.2) is 41.4 Å². The van der Waals surface area contributed by atoms with Gasteiger partial charge >= 0.3 is 6.18 Å². The summed E-state index contributed by atoms with van der Waals surface area (Å²) in [7, 11) is 0. The maximum Gasteiger partial charge on any atom is 0.433 e. The molecule has 33 heavy (non-hydrogen) atoms. The van der Waals surface area contributed by atoms with Crippen LogP contribution < -0.4 is 10.6 Å². The maximum absolute atomic E-state index is 13.1. The van der Waals surface area contributed by atoms with Gasteiger partial charge in [-0.2, -0.15) is 29.6 Å². The first kappa shape index (κ1) is 20.5. The van der Waals surface area contributed by atoms with Gasteiger partial charge in [0.15, 0.2) is 5.65 Å². The van der Waals surface area contributed by atoms with Gasteiger partial charge in [0, 0.05) is 36.8 Å². The number of pyridine rings is 1. The number of anilines is 1. The molecule has 2 fully saturated rings. The molecule has 170 valence electrons. The molecule has 2 aliphatic rings. The fraction of sp³-hybridized carbons (Fsp3) is 0.364. The Morgan fingerprint density at radius 1 is 1.24 bits per heavy atom. The number of thiophene rings is 1. The molecule has 0 amide bonds. The summed E-state index contributed by atoms with van der Waals surface area (Å²) >= 11 is 1.70. The van der Waals surface area contributed by atoms with Crippen molar-refractivity contribution in [1.82, 2.24) is 25.1 Å². The Kier molecular flexibility index (Phi) is 4.50. The quantitative estimate of drug-likeness (QED) is 0.469. The number of piperidine rings is 1. The number of aromatic amines is 1. The van der Waals surface area contributed by atoms with Gasteiger partial charge in [-0.1, -0.05) is 0 Å². The van der Waals surface area contributed by atoms with E-state index in [9.17, 15) is 13.2 Å². The summed E-state index contributed by atoms with van der Waals surface area (Å²) in [6.45, 7) is 2.33. The highest BCUT2D eigenvalue weighted by Gasteiger charge is 2.65. The Labute approximate surface area is 190 Å². The number of fused-ring (bicyclic) bond motifs is 2. The highest BCUT2D eigenvalue weighted by molar-refractivity contribution is 7.08. The van der Waals surface area contributed by atoms with Crippen LogP contribution in [0.2, 0.25) is 0 Å². The number of nitrogens with one attached hydrogen (secondary N) is 1. The smallest absolute Gasteiger partial charge is 0.355 e. The van der Waals surface area contributed by atoms with Crippen molar-refractivity contribution in [3.63, 3.8) is 0 Å². The number of aromatic nitrogens is 5. The van der Waals surface area contributed by atoms with Gasteiger partial charge in [0.05, 0.1) is 6.20 Å². The van der Waals surface area contributed by atoms with Gasteiger partial charge < -0.3 is 10.6 Å². The van der Waals surface area contributed by atoms with Crippen molar-refractivity contribution in [3.05, 3.63) is 52.6 Å². The number of nitrogens with zero attached hydrogens (tertiary/aromatic N) is 5. The molecule has 1 saturated heterocycles. The van der Waals surface area contributed by atoms with E-state index >= 15 is 0 Å². The van der Waals surface area contributed by atoms with Crippen molar-refractivity contribution in [2.75, 3.05) is 24.5 Å². The second-order valence-electron chi connectivity index (χ2n) is 8.63. The molecular weight excluding hydrogens is 451 g/mol. The third kappa shape index (κ3) is 3.13. The molecule has 4 aromatic heterocycles. The average molecular weight is 472 g/mol. The van der Waals surface area contributed by atoms with E-state index in [1.807, 2.05) is 0 Å². The molecule has 7 nitrogen and oxygen atoms in total. The second kappa shape index (κ2) is 7.22. The van der Waals surface area contributed by atoms with Crippen LogP contribution in [0.5, 0.6) is 0 Å². The Morgan fingerprint density at radius 3 is 2.88 bits per heavy atom. The van der Waals surface area contributed by atoms with Crippen molar-refractivity contribution in [3.8, 4) is 11.3 Å². The lowest BCUT2D eigenvalue weighted by Gasteiger charge is -2.26. The highest BCUT2D eigenvalue weighted by Crippen LogP contribution is 2.63. The number of hydrogen-bond donors (Lipinski definition) is 2. The lowest BCUT2D eigenvalue weighted by atomic mass is 9.94. The van der Waals surface area contributed by atoms with Crippen LogP contribution >= 0.6 is 11.3 Å². The van der Waals surface area contributed by atoms with Gasteiger partial charge in [-0.25, -0.2) is 9.97 Å². The van der Waals surface area contributed by atoms with Crippen molar-refractivity contribution in [2.45, 2.75) is 18.0 Å². The average Bonchev–Trinajstić information content (AvgIpc) is 3.18.